The number of thioether (sulfide) groups is 1. The zero-order valence-corrected chi connectivity index (χ0v) is 17.1. The predicted molar refractivity (Wildman–Crippen MR) is 114 cm³/mol. The molecule has 0 unspecified atom stereocenters. The highest BCUT2D eigenvalue weighted by Crippen LogP contribution is 2.35. The molecular formula is C23H16FNO5S. The molecule has 0 aliphatic carbocycles. The van der Waals surface area contributed by atoms with Crippen LogP contribution in [0.15, 0.2) is 63.9 Å². The fraction of sp³-hybridized carbons (Fsp3) is 0.0870. The molecule has 0 atom stereocenters. The molecule has 2 aromatic carbocycles. The van der Waals surface area contributed by atoms with E-state index in [0.29, 0.717) is 17.1 Å². The Morgan fingerprint density at radius 2 is 1.94 bits per heavy atom. The quantitative estimate of drug-likeness (QED) is 0.543. The van der Waals surface area contributed by atoms with Crippen molar-refractivity contribution >= 4 is 35.0 Å². The molecule has 3 aromatic rings. The van der Waals surface area contributed by atoms with Gasteiger partial charge in [0, 0.05) is 17.2 Å². The van der Waals surface area contributed by atoms with Crippen LogP contribution < -0.4 is 0 Å². The third-order valence-electron chi connectivity index (χ3n) is 4.81. The maximum absolute atomic E-state index is 13.9. The lowest BCUT2D eigenvalue weighted by molar-refractivity contribution is -0.123. The van der Waals surface area contributed by atoms with Crippen LogP contribution in [0.2, 0.25) is 0 Å². The number of benzene rings is 2. The highest BCUT2D eigenvalue weighted by molar-refractivity contribution is 8.18. The van der Waals surface area contributed by atoms with Crippen molar-refractivity contribution in [3.63, 3.8) is 0 Å². The van der Waals surface area contributed by atoms with Crippen LogP contribution in [0.1, 0.15) is 27.2 Å². The lowest BCUT2D eigenvalue weighted by Gasteiger charge is -2.12. The van der Waals surface area contributed by atoms with Crippen molar-refractivity contribution in [1.29, 1.82) is 0 Å². The molecular weight excluding hydrogens is 421 g/mol. The average molecular weight is 437 g/mol. The van der Waals surface area contributed by atoms with Crippen LogP contribution in [0.3, 0.4) is 0 Å². The maximum atomic E-state index is 13.9. The number of aromatic carboxylic acids is 1. The standard InChI is InChI=1S/C23H16FNO5S/c1-13-6-7-14(22(27)28)10-17(13)19-9-8-16(30-19)11-20-21(26)25(23(29)31-20)12-15-4-2-3-5-18(15)24/h2-11H,12H2,1H3,(H,27,28)/b20-11-. The van der Waals surface area contributed by atoms with Gasteiger partial charge in [-0.2, -0.15) is 0 Å². The summed E-state index contributed by atoms with van der Waals surface area (Å²) in [4.78, 5) is 37.4. The van der Waals surface area contributed by atoms with Crippen molar-refractivity contribution in [2.24, 2.45) is 0 Å². The molecule has 1 N–H and O–H groups in total. The fourth-order valence-electron chi connectivity index (χ4n) is 3.16. The summed E-state index contributed by atoms with van der Waals surface area (Å²) < 4.78 is 19.7. The summed E-state index contributed by atoms with van der Waals surface area (Å²) in [6, 6.07) is 14.0. The van der Waals surface area contributed by atoms with E-state index in [1.165, 1.54) is 36.4 Å². The average Bonchev–Trinajstić information content (AvgIpc) is 3.30. The Balaban J connectivity index is 1.58. The normalized spacial score (nSPS) is 15.2. The molecule has 0 saturated carbocycles. The summed E-state index contributed by atoms with van der Waals surface area (Å²) in [5.41, 5.74) is 1.83. The minimum absolute atomic E-state index is 0.132. The van der Waals surface area contributed by atoms with Gasteiger partial charge >= 0.3 is 5.97 Å². The number of imide groups is 1. The monoisotopic (exact) mass is 437 g/mol. The molecule has 1 aromatic heterocycles. The van der Waals surface area contributed by atoms with Crippen molar-refractivity contribution < 1.29 is 28.3 Å². The Morgan fingerprint density at radius 3 is 2.68 bits per heavy atom. The lowest BCUT2D eigenvalue weighted by Crippen LogP contribution is -2.27. The Kier molecular flexibility index (Phi) is 5.48. The molecule has 2 heterocycles. The van der Waals surface area contributed by atoms with Gasteiger partial charge in [-0.15, -0.1) is 0 Å². The van der Waals surface area contributed by atoms with Gasteiger partial charge in [-0.05, 0) is 54.6 Å². The highest BCUT2D eigenvalue weighted by Gasteiger charge is 2.35. The molecule has 1 saturated heterocycles. The summed E-state index contributed by atoms with van der Waals surface area (Å²) in [6.45, 7) is 1.68. The van der Waals surface area contributed by atoms with E-state index in [-0.39, 0.29) is 22.6 Å². The van der Waals surface area contributed by atoms with Gasteiger partial charge in [0.15, 0.2) is 0 Å². The first-order chi connectivity index (χ1) is 14.8. The molecule has 1 fully saturated rings. The van der Waals surface area contributed by atoms with Gasteiger partial charge in [0.25, 0.3) is 11.1 Å². The number of hydrogen-bond donors (Lipinski definition) is 1. The number of nitrogens with zero attached hydrogens (tertiary/aromatic N) is 1. The molecule has 0 spiro atoms. The summed E-state index contributed by atoms with van der Waals surface area (Å²) in [5.74, 6) is -1.28. The number of carbonyl (C=O) groups excluding carboxylic acids is 2. The first-order valence-corrected chi connectivity index (χ1v) is 10.1. The predicted octanol–water partition coefficient (Wildman–Crippen LogP) is 5.33. The van der Waals surface area contributed by atoms with Crippen molar-refractivity contribution in [3.8, 4) is 11.3 Å². The second kappa shape index (κ2) is 8.23. The molecule has 0 radical (unpaired) electrons. The molecule has 0 bridgehead atoms. The topological polar surface area (TPSA) is 87.8 Å². The zero-order valence-electron chi connectivity index (χ0n) is 16.3. The third kappa shape index (κ3) is 4.15. The van der Waals surface area contributed by atoms with E-state index in [4.69, 9.17) is 4.42 Å². The van der Waals surface area contributed by atoms with Gasteiger partial charge in [0.05, 0.1) is 17.0 Å². The summed E-state index contributed by atoms with van der Waals surface area (Å²) in [7, 11) is 0. The second-order valence-electron chi connectivity index (χ2n) is 6.90. The molecule has 4 rings (SSSR count). The van der Waals surface area contributed by atoms with E-state index in [1.54, 1.807) is 24.3 Å². The van der Waals surface area contributed by atoms with Crippen LogP contribution in [0.5, 0.6) is 0 Å². The lowest BCUT2D eigenvalue weighted by atomic mass is 10.0. The maximum Gasteiger partial charge on any atom is 0.335 e. The minimum atomic E-state index is -1.04. The van der Waals surface area contributed by atoms with Crippen molar-refractivity contribution in [2.45, 2.75) is 13.5 Å². The first kappa shape index (κ1) is 20.6. The molecule has 31 heavy (non-hydrogen) atoms. The van der Waals surface area contributed by atoms with Gasteiger partial charge in [-0.25, -0.2) is 9.18 Å². The second-order valence-corrected chi connectivity index (χ2v) is 7.89. The summed E-state index contributed by atoms with van der Waals surface area (Å²) >= 11 is 0.755. The van der Waals surface area contributed by atoms with Crippen molar-refractivity contribution in [3.05, 3.63) is 87.8 Å². The summed E-state index contributed by atoms with van der Waals surface area (Å²) in [5, 5.41) is 8.71. The van der Waals surface area contributed by atoms with Gasteiger partial charge in [0.2, 0.25) is 0 Å². The minimum Gasteiger partial charge on any atom is -0.478 e. The Labute approximate surface area is 181 Å². The van der Waals surface area contributed by atoms with Gasteiger partial charge in [0.1, 0.15) is 17.3 Å². The molecule has 8 heteroatoms. The number of carboxylic acids is 1. The third-order valence-corrected chi connectivity index (χ3v) is 5.72. The van der Waals surface area contributed by atoms with Crippen LogP contribution in [0, 0.1) is 12.7 Å². The number of hydrogen-bond acceptors (Lipinski definition) is 5. The number of aryl methyl sites for hydroxylation is 1. The molecule has 6 nitrogen and oxygen atoms in total. The largest absolute Gasteiger partial charge is 0.478 e. The number of furan rings is 1. The Morgan fingerprint density at radius 1 is 1.16 bits per heavy atom. The molecule has 1 aliphatic heterocycles. The van der Waals surface area contributed by atoms with Gasteiger partial charge < -0.3 is 9.52 Å². The van der Waals surface area contributed by atoms with Crippen LogP contribution >= 0.6 is 11.8 Å². The van der Waals surface area contributed by atoms with Crippen molar-refractivity contribution in [1.82, 2.24) is 4.90 Å². The van der Waals surface area contributed by atoms with E-state index in [0.717, 1.165) is 22.2 Å². The van der Waals surface area contributed by atoms with Crippen molar-refractivity contribution in [2.75, 3.05) is 0 Å². The van der Waals surface area contributed by atoms with Crippen LogP contribution in [-0.4, -0.2) is 27.1 Å². The smallest absolute Gasteiger partial charge is 0.335 e. The zero-order chi connectivity index (χ0) is 22.1. The molecule has 2 amide bonds. The molecule has 156 valence electrons. The van der Waals surface area contributed by atoms with Gasteiger partial charge in [-0.3, -0.25) is 14.5 Å². The van der Waals surface area contributed by atoms with Crippen LogP contribution in [0.4, 0.5) is 9.18 Å². The van der Waals surface area contributed by atoms with Crippen LogP contribution in [-0.2, 0) is 11.3 Å². The van der Waals surface area contributed by atoms with E-state index >= 15 is 0 Å². The van der Waals surface area contributed by atoms with E-state index < -0.39 is 22.9 Å². The number of carbonyl (C=O) groups is 3. The first-order valence-electron chi connectivity index (χ1n) is 9.26. The number of halogens is 1. The number of carboxylic acid groups (broad SMARTS) is 1. The summed E-state index contributed by atoms with van der Waals surface area (Å²) in [6.07, 6.45) is 1.45. The molecule has 1 aliphatic rings. The number of rotatable bonds is 5. The van der Waals surface area contributed by atoms with Crippen LogP contribution in [0.25, 0.3) is 17.4 Å². The van der Waals surface area contributed by atoms with E-state index in [1.807, 2.05) is 6.92 Å². The number of amides is 2. The highest BCUT2D eigenvalue weighted by atomic mass is 32.2. The van der Waals surface area contributed by atoms with Gasteiger partial charge in [-0.1, -0.05) is 24.3 Å². The fourth-order valence-corrected chi connectivity index (χ4v) is 3.98. The Bertz CT molecular complexity index is 1250. The van der Waals surface area contributed by atoms with E-state index in [9.17, 15) is 23.9 Å². The SMILES string of the molecule is Cc1ccc(C(=O)O)cc1-c1ccc(/C=C2\SC(=O)N(Cc3ccccc3F)C2=O)o1. The van der Waals surface area contributed by atoms with E-state index in [2.05, 4.69) is 0 Å². The Hall–Kier alpha value is -3.65.